The zero-order chi connectivity index (χ0) is 19.1. The van der Waals surface area contributed by atoms with E-state index in [1.807, 2.05) is 0 Å². The summed E-state index contributed by atoms with van der Waals surface area (Å²) in [6.45, 7) is 3.87. The van der Waals surface area contributed by atoms with Crippen molar-refractivity contribution in [2.45, 2.75) is 39.2 Å². The zero-order valence-corrected chi connectivity index (χ0v) is 16.6. The molecule has 0 unspecified atom stereocenters. The quantitative estimate of drug-likeness (QED) is 0.722. The van der Waals surface area contributed by atoms with Gasteiger partial charge in [0.25, 0.3) is 5.56 Å². The summed E-state index contributed by atoms with van der Waals surface area (Å²) >= 11 is 7.41. The molecule has 4 rings (SSSR count). The lowest BCUT2D eigenvalue weighted by Crippen LogP contribution is -2.34. The van der Waals surface area contributed by atoms with E-state index in [-0.39, 0.29) is 11.5 Å². The van der Waals surface area contributed by atoms with Crippen LogP contribution >= 0.6 is 22.9 Å². The number of aromatic nitrogens is 3. The molecule has 2 atom stereocenters. The van der Waals surface area contributed by atoms with Gasteiger partial charge in [0.1, 0.15) is 6.04 Å². The largest absolute Gasteiger partial charge is 0.324 e. The predicted molar refractivity (Wildman–Crippen MR) is 108 cm³/mol. The SMILES string of the molecule is C[C@H]1CCc2c(sc3nnn([C@@H](C)C(=O)Nc4ccc(Cl)cc4)c(=O)c23)C1. The van der Waals surface area contributed by atoms with E-state index in [4.69, 9.17) is 11.6 Å². The smallest absolute Gasteiger partial charge is 0.279 e. The molecular weight excluding hydrogens is 384 g/mol. The average Bonchev–Trinajstić information content (AvgIpc) is 3.01. The van der Waals surface area contributed by atoms with Crippen molar-refractivity contribution in [3.05, 3.63) is 50.1 Å². The number of amides is 1. The van der Waals surface area contributed by atoms with Crippen LogP contribution < -0.4 is 10.9 Å². The molecule has 2 heterocycles. The molecule has 3 aromatic rings. The first-order valence-corrected chi connectivity index (χ1v) is 10.1. The summed E-state index contributed by atoms with van der Waals surface area (Å²) in [5.41, 5.74) is 1.46. The number of nitrogens with zero attached hydrogens (tertiary/aromatic N) is 3. The van der Waals surface area contributed by atoms with E-state index in [1.54, 1.807) is 42.5 Å². The number of fused-ring (bicyclic) bond motifs is 3. The fraction of sp³-hybridized carbons (Fsp3) is 0.368. The summed E-state index contributed by atoms with van der Waals surface area (Å²) < 4.78 is 1.18. The van der Waals surface area contributed by atoms with Gasteiger partial charge >= 0.3 is 0 Å². The number of thiophene rings is 1. The number of benzene rings is 1. The molecule has 27 heavy (non-hydrogen) atoms. The molecule has 140 valence electrons. The molecule has 0 radical (unpaired) electrons. The lowest BCUT2D eigenvalue weighted by molar-refractivity contribution is -0.119. The van der Waals surface area contributed by atoms with E-state index >= 15 is 0 Å². The van der Waals surface area contributed by atoms with Crippen LogP contribution in [0.3, 0.4) is 0 Å². The van der Waals surface area contributed by atoms with Crippen LogP contribution in [0.1, 0.15) is 36.8 Å². The number of rotatable bonds is 3. The summed E-state index contributed by atoms with van der Waals surface area (Å²) in [4.78, 5) is 27.5. The Bertz CT molecular complexity index is 1070. The Labute approximate surface area is 165 Å². The Kier molecular flexibility index (Phi) is 4.74. The first-order chi connectivity index (χ1) is 12.9. The molecule has 0 spiro atoms. The normalized spacial score (nSPS) is 17.5. The second kappa shape index (κ2) is 7.05. The minimum absolute atomic E-state index is 0.245. The number of carbonyl (C=O) groups is 1. The molecule has 8 heteroatoms. The van der Waals surface area contributed by atoms with Crippen molar-refractivity contribution in [2.24, 2.45) is 5.92 Å². The van der Waals surface area contributed by atoms with Gasteiger partial charge in [0, 0.05) is 15.6 Å². The number of hydrogen-bond donors (Lipinski definition) is 1. The molecule has 6 nitrogen and oxygen atoms in total. The highest BCUT2D eigenvalue weighted by Crippen LogP contribution is 2.35. The molecule has 1 amide bonds. The number of anilines is 1. The monoisotopic (exact) mass is 402 g/mol. The Morgan fingerprint density at radius 3 is 2.85 bits per heavy atom. The summed E-state index contributed by atoms with van der Waals surface area (Å²) in [5, 5.41) is 12.3. The van der Waals surface area contributed by atoms with E-state index < -0.39 is 6.04 Å². The summed E-state index contributed by atoms with van der Waals surface area (Å²) in [7, 11) is 0. The third kappa shape index (κ3) is 3.37. The van der Waals surface area contributed by atoms with Crippen LogP contribution in [0.5, 0.6) is 0 Å². The Morgan fingerprint density at radius 1 is 1.37 bits per heavy atom. The van der Waals surface area contributed by atoms with Crippen LogP contribution in [0.4, 0.5) is 5.69 Å². The maximum atomic E-state index is 13.1. The van der Waals surface area contributed by atoms with Gasteiger partial charge in [-0.3, -0.25) is 9.59 Å². The molecule has 0 saturated heterocycles. The predicted octanol–water partition coefficient (Wildman–Crippen LogP) is 3.83. The van der Waals surface area contributed by atoms with Crippen LogP contribution in [-0.4, -0.2) is 20.9 Å². The van der Waals surface area contributed by atoms with Gasteiger partial charge in [0.05, 0.1) is 5.39 Å². The summed E-state index contributed by atoms with van der Waals surface area (Å²) in [6, 6.07) is 6.03. The highest BCUT2D eigenvalue weighted by atomic mass is 35.5. The second-order valence-electron chi connectivity index (χ2n) is 7.04. The minimum Gasteiger partial charge on any atom is -0.324 e. The van der Waals surface area contributed by atoms with Gasteiger partial charge in [0.15, 0.2) is 4.83 Å². The van der Waals surface area contributed by atoms with Gasteiger partial charge in [-0.25, -0.2) is 0 Å². The lowest BCUT2D eigenvalue weighted by Gasteiger charge is -2.17. The van der Waals surface area contributed by atoms with Crippen molar-refractivity contribution in [1.29, 1.82) is 0 Å². The number of aryl methyl sites for hydroxylation is 1. The number of carbonyl (C=O) groups excluding carboxylic acids is 1. The van der Waals surface area contributed by atoms with E-state index in [2.05, 4.69) is 22.6 Å². The van der Waals surface area contributed by atoms with Crippen LogP contribution in [0, 0.1) is 5.92 Å². The van der Waals surface area contributed by atoms with Crippen molar-refractivity contribution in [2.75, 3.05) is 5.32 Å². The topological polar surface area (TPSA) is 76.9 Å². The maximum Gasteiger partial charge on any atom is 0.279 e. The van der Waals surface area contributed by atoms with Crippen molar-refractivity contribution >= 4 is 44.7 Å². The van der Waals surface area contributed by atoms with Crippen LogP contribution in [0.25, 0.3) is 10.2 Å². The van der Waals surface area contributed by atoms with Crippen molar-refractivity contribution < 1.29 is 4.79 Å². The molecule has 1 aromatic carbocycles. The van der Waals surface area contributed by atoms with Crippen molar-refractivity contribution in [1.82, 2.24) is 15.0 Å². The van der Waals surface area contributed by atoms with E-state index in [9.17, 15) is 9.59 Å². The average molecular weight is 403 g/mol. The highest BCUT2D eigenvalue weighted by molar-refractivity contribution is 7.18. The fourth-order valence-electron chi connectivity index (χ4n) is 3.42. The zero-order valence-electron chi connectivity index (χ0n) is 15.0. The van der Waals surface area contributed by atoms with E-state index in [1.165, 1.54) is 9.56 Å². The molecule has 1 aliphatic rings. The molecule has 0 fully saturated rings. The first-order valence-electron chi connectivity index (χ1n) is 8.90. The van der Waals surface area contributed by atoms with Gasteiger partial charge < -0.3 is 5.32 Å². The Hall–Kier alpha value is -2.25. The van der Waals surface area contributed by atoms with Gasteiger partial charge in [-0.15, -0.1) is 16.4 Å². The number of hydrogen-bond acceptors (Lipinski definition) is 5. The molecule has 1 aliphatic carbocycles. The Balaban J connectivity index is 1.66. The third-order valence-electron chi connectivity index (χ3n) is 5.01. The maximum absolute atomic E-state index is 13.1. The molecule has 0 saturated carbocycles. The van der Waals surface area contributed by atoms with E-state index in [0.29, 0.717) is 26.8 Å². The van der Waals surface area contributed by atoms with E-state index in [0.717, 1.165) is 24.8 Å². The van der Waals surface area contributed by atoms with Crippen LogP contribution in [-0.2, 0) is 17.6 Å². The molecule has 0 bridgehead atoms. The van der Waals surface area contributed by atoms with Gasteiger partial charge in [-0.1, -0.05) is 23.7 Å². The molecule has 1 N–H and O–H groups in total. The molecular formula is C19H19ClN4O2S. The van der Waals surface area contributed by atoms with Gasteiger partial charge in [0.2, 0.25) is 5.91 Å². The van der Waals surface area contributed by atoms with Crippen molar-refractivity contribution in [3.63, 3.8) is 0 Å². The van der Waals surface area contributed by atoms with Gasteiger partial charge in [-0.05, 0) is 61.9 Å². The summed E-state index contributed by atoms with van der Waals surface area (Å²) in [6.07, 6.45) is 2.92. The number of halogens is 1. The van der Waals surface area contributed by atoms with Gasteiger partial charge in [-0.2, -0.15) is 4.68 Å². The first kappa shape index (κ1) is 18.1. The minimum atomic E-state index is -0.775. The Morgan fingerprint density at radius 2 is 2.11 bits per heavy atom. The van der Waals surface area contributed by atoms with Crippen molar-refractivity contribution in [3.8, 4) is 0 Å². The third-order valence-corrected chi connectivity index (χ3v) is 6.40. The number of nitrogens with one attached hydrogen (secondary N) is 1. The molecule has 2 aromatic heterocycles. The molecule has 0 aliphatic heterocycles. The van der Waals surface area contributed by atoms with Crippen LogP contribution in [0.15, 0.2) is 29.1 Å². The van der Waals surface area contributed by atoms with Crippen LogP contribution in [0.2, 0.25) is 5.02 Å². The standard InChI is InChI=1S/C19H19ClN4O2S/c1-10-3-8-14-15(9-10)27-18-16(14)19(26)24(23-22-18)11(2)17(25)21-13-6-4-12(20)5-7-13/h4-7,10-11H,3,8-9H2,1-2H3,(H,21,25)/t10-,11-/m0/s1. The lowest BCUT2D eigenvalue weighted by atomic mass is 9.89. The highest BCUT2D eigenvalue weighted by Gasteiger charge is 2.26. The fourth-order valence-corrected chi connectivity index (χ4v) is 4.86. The second-order valence-corrected chi connectivity index (χ2v) is 8.56. The summed E-state index contributed by atoms with van der Waals surface area (Å²) in [5.74, 6) is 0.288.